The molecule has 0 bridgehead atoms. The van der Waals surface area contributed by atoms with Crippen molar-refractivity contribution in [1.29, 1.82) is 5.41 Å². The van der Waals surface area contributed by atoms with Crippen LogP contribution in [0.1, 0.15) is 46.7 Å². The first kappa shape index (κ1) is 31.8. The maximum atomic E-state index is 15.8. The third-order valence-corrected chi connectivity index (χ3v) is 5.62. The molecule has 0 saturated carbocycles. The Morgan fingerprint density at radius 2 is 1.91 bits per heavy atom. The third kappa shape index (κ3) is 7.94. The van der Waals surface area contributed by atoms with E-state index in [0.29, 0.717) is 11.3 Å². The molecule has 0 aliphatic carbocycles. The topological polar surface area (TPSA) is 255 Å². The Morgan fingerprint density at radius 1 is 1.23 bits per heavy atom. The number of carbonyl (C=O) groups is 2. The Balaban J connectivity index is 0.00000119. The van der Waals surface area contributed by atoms with Gasteiger partial charge in [-0.15, -0.1) is 5.10 Å². The van der Waals surface area contributed by atoms with Crippen molar-refractivity contribution in [3.63, 3.8) is 0 Å². The number of aliphatic hydroxyl groups excluding tert-OH is 1. The summed E-state index contributed by atoms with van der Waals surface area (Å²) in [6.45, 7) is 0.970. The number of aliphatic hydroxyl groups is 1. The number of hydrogen-bond donors (Lipinski definition) is 8. The van der Waals surface area contributed by atoms with Gasteiger partial charge in [-0.2, -0.15) is 9.78 Å². The molecule has 228 valence electrons. The lowest BCUT2D eigenvalue weighted by Gasteiger charge is -2.21. The number of carboxylic acids is 2. The molecule has 1 unspecified atom stereocenters. The summed E-state index contributed by atoms with van der Waals surface area (Å²) < 4.78 is 27.4. The molecule has 0 spiro atoms. The van der Waals surface area contributed by atoms with Gasteiger partial charge in [-0.1, -0.05) is 0 Å². The van der Waals surface area contributed by atoms with E-state index in [1.165, 1.54) is 19.2 Å². The van der Waals surface area contributed by atoms with Gasteiger partial charge in [0.25, 0.3) is 5.97 Å². The molecular formula is C26H29FN8O8. The van der Waals surface area contributed by atoms with E-state index in [1.807, 2.05) is 0 Å². The fraction of sp³-hybridized carbons (Fsp3) is 0.231. The van der Waals surface area contributed by atoms with E-state index in [0.717, 1.165) is 17.8 Å². The molecule has 4 rings (SSSR count). The van der Waals surface area contributed by atoms with Gasteiger partial charge in [-0.3, -0.25) is 20.3 Å². The number of methoxy groups -OCH3 is 1. The highest BCUT2D eigenvalue weighted by molar-refractivity contribution is 5.95. The first-order chi connectivity index (χ1) is 20.5. The van der Waals surface area contributed by atoms with Crippen LogP contribution in [0.4, 0.5) is 10.1 Å². The predicted octanol–water partition coefficient (Wildman–Crippen LogP) is 1.47. The molecule has 4 aromatic rings. The molecule has 43 heavy (non-hydrogen) atoms. The van der Waals surface area contributed by atoms with Crippen molar-refractivity contribution in [1.82, 2.24) is 25.0 Å². The molecule has 16 nitrogen and oxygen atoms in total. The second-order valence-corrected chi connectivity index (χ2v) is 8.71. The number of aromatic amines is 2. The minimum absolute atomic E-state index is 0.0204. The average molecular weight is 601 g/mol. The molecular weight excluding hydrogens is 571 g/mol. The van der Waals surface area contributed by atoms with Crippen LogP contribution in [-0.2, 0) is 4.79 Å². The number of halogens is 1. The maximum Gasteiger partial charge on any atom is 0.349 e. The van der Waals surface area contributed by atoms with Gasteiger partial charge in [0.15, 0.2) is 23.2 Å². The van der Waals surface area contributed by atoms with Crippen molar-refractivity contribution in [3.8, 4) is 17.3 Å². The first-order valence-electron chi connectivity index (χ1n) is 12.4. The van der Waals surface area contributed by atoms with Crippen molar-refractivity contribution >= 4 is 23.5 Å². The summed E-state index contributed by atoms with van der Waals surface area (Å²) in [4.78, 5) is 35.9. The predicted molar refractivity (Wildman–Crippen MR) is 150 cm³/mol. The van der Waals surface area contributed by atoms with Gasteiger partial charge in [0.05, 0.1) is 19.9 Å². The number of nitrogens with two attached hydrogens (primary N) is 1. The zero-order chi connectivity index (χ0) is 31.7. The van der Waals surface area contributed by atoms with Gasteiger partial charge in [-0.05, 0) is 30.3 Å². The second kappa shape index (κ2) is 14.3. The fourth-order valence-corrected chi connectivity index (χ4v) is 3.70. The lowest BCUT2D eigenvalue weighted by atomic mass is 10.0. The number of nitrogens with zero attached hydrogens (tertiary/aromatic N) is 3. The van der Waals surface area contributed by atoms with E-state index in [2.05, 4.69) is 25.6 Å². The van der Waals surface area contributed by atoms with Crippen LogP contribution < -0.4 is 26.2 Å². The summed E-state index contributed by atoms with van der Waals surface area (Å²) in [5.74, 6) is -3.27. The highest BCUT2D eigenvalue weighted by Crippen LogP contribution is 2.35. The van der Waals surface area contributed by atoms with E-state index in [4.69, 9.17) is 35.6 Å². The molecule has 0 aliphatic heterocycles. The number of nitrogens with one attached hydrogen (secondary N) is 4. The molecule has 0 amide bonds. The number of anilines is 1. The number of rotatable bonds is 12. The minimum atomic E-state index is -1.33. The second-order valence-electron chi connectivity index (χ2n) is 8.71. The molecule has 2 aromatic heterocycles. The van der Waals surface area contributed by atoms with Crippen LogP contribution in [0.25, 0.3) is 5.82 Å². The van der Waals surface area contributed by atoms with Crippen LogP contribution in [0.3, 0.4) is 0 Å². The number of ether oxygens (including phenoxy) is 2. The highest BCUT2D eigenvalue weighted by atomic mass is 19.1. The van der Waals surface area contributed by atoms with Gasteiger partial charge in [0, 0.05) is 42.8 Å². The zero-order valence-corrected chi connectivity index (χ0v) is 22.9. The smallest absolute Gasteiger partial charge is 0.349 e. The summed E-state index contributed by atoms with van der Waals surface area (Å²) >= 11 is 0. The standard InChI is InChI=1S/C24H25FN8O6.C2H4O2/c1-38-14-9-15(18(25)17(10-14)39-8-2-7-34)19(29-13-5-3-12(4-6-13)20(26)27)21-30-24(37)33(32-21)22-16(23(35)36)11-28-31-22;1-2(3)4/h3-6,9-11,19,29,34H,2,7-8H2,1H3,(H3,26,27)(H,28,31)(H,35,36)(H,30,32,37);1H3,(H,3,4). The lowest BCUT2D eigenvalue weighted by Crippen LogP contribution is -2.18. The third-order valence-electron chi connectivity index (χ3n) is 5.62. The van der Waals surface area contributed by atoms with E-state index in [9.17, 15) is 14.7 Å². The van der Waals surface area contributed by atoms with E-state index >= 15 is 4.39 Å². The SMILES string of the molecule is CC(=O)O.COc1cc(OCCCO)c(F)c(C(Nc2ccc(C(=N)N)cc2)c2nn(-c3[nH]ncc3C(=O)O)c(=O)[nH]2)c1. The number of benzene rings is 2. The number of H-pyrrole nitrogens is 2. The molecule has 9 N–H and O–H groups in total. The normalized spacial score (nSPS) is 11.2. The van der Waals surface area contributed by atoms with E-state index in [-0.39, 0.29) is 59.7 Å². The van der Waals surface area contributed by atoms with E-state index < -0.39 is 29.5 Å². The zero-order valence-electron chi connectivity index (χ0n) is 22.9. The minimum Gasteiger partial charge on any atom is -0.497 e. The molecule has 1 atom stereocenters. The number of hydrogen-bond acceptors (Lipinski definition) is 10. The molecule has 0 fully saturated rings. The monoisotopic (exact) mass is 600 g/mol. The van der Waals surface area contributed by atoms with Crippen LogP contribution in [-0.4, -0.2) is 78.4 Å². The largest absolute Gasteiger partial charge is 0.497 e. The lowest BCUT2D eigenvalue weighted by molar-refractivity contribution is -0.134. The number of nitrogen functional groups attached to an aromatic ring is 1. The molecule has 0 radical (unpaired) electrons. The Labute approximate surface area is 242 Å². The van der Waals surface area contributed by atoms with Crippen LogP contribution in [0.2, 0.25) is 0 Å². The van der Waals surface area contributed by atoms with Gasteiger partial charge in [0.1, 0.15) is 23.2 Å². The van der Waals surface area contributed by atoms with Crippen LogP contribution in [0.15, 0.2) is 47.4 Å². The first-order valence-corrected chi connectivity index (χ1v) is 12.4. The number of aromatic carboxylic acids is 1. The van der Waals surface area contributed by atoms with Crippen molar-refractivity contribution in [3.05, 3.63) is 81.4 Å². The Bertz CT molecular complexity index is 1640. The molecule has 0 aliphatic rings. The number of amidine groups is 1. The van der Waals surface area contributed by atoms with Gasteiger partial charge >= 0.3 is 11.7 Å². The Hall–Kier alpha value is -5.71. The Morgan fingerprint density at radius 3 is 2.49 bits per heavy atom. The average Bonchev–Trinajstić information content (AvgIpc) is 3.59. The van der Waals surface area contributed by atoms with Crippen molar-refractivity contribution in [2.75, 3.05) is 25.6 Å². The van der Waals surface area contributed by atoms with Gasteiger partial charge in [-0.25, -0.2) is 14.0 Å². The fourth-order valence-electron chi connectivity index (χ4n) is 3.70. The van der Waals surface area contributed by atoms with Crippen LogP contribution >= 0.6 is 0 Å². The summed E-state index contributed by atoms with van der Waals surface area (Å²) in [6, 6.07) is 7.97. The van der Waals surface area contributed by atoms with Gasteiger partial charge < -0.3 is 35.8 Å². The summed E-state index contributed by atoms with van der Waals surface area (Å²) in [7, 11) is 1.39. The Kier molecular flexibility index (Phi) is 10.6. The number of aliphatic carboxylic acids is 1. The van der Waals surface area contributed by atoms with Crippen LogP contribution in [0, 0.1) is 11.2 Å². The van der Waals surface area contributed by atoms with Gasteiger partial charge in [0.2, 0.25) is 0 Å². The number of aromatic nitrogens is 5. The molecule has 2 aromatic carbocycles. The maximum absolute atomic E-state index is 15.8. The molecule has 0 saturated heterocycles. The highest BCUT2D eigenvalue weighted by Gasteiger charge is 2.28. The van der Waals surface area contributed by atoms with Crippen molar-refractivity contribution < 1.29 is 38.8 Å². The van der Waals surface area contributed by atoms with Crippen LogP contribution in [0.5, 0.6) is 11.5 Å². The van der Waals surface area contributed by atoms with Crippen molar-refractivity contribution in [2.45, 2.75) is 19.4 Å². The summed E-state index contributed by atoms with van der Waals surface area (Å²) in [5, 5.41) is 46.9. The van der Waals surface area contributed by atoms with E-state index in [1.54, 1.807) is 24.3 Å². The summed E-state index contributed by atoms with van der Waals surface area (Å²) in [5.41, 5.74) is 5.32. The van der Waals surface area contributed by atoms with Crippen molar-refractivity contribution in [2.24, 2.45) is 5.73 Å². The summed E-state index contributed by atoms with van der Waals surface area (Å²) in [6.07, 6.45) is 1.30. The number of carboxylic acid groups (broad SMARTS) is 2. The molecule has 2 heterocycles. The quantitative estimate of drug-likeness (QED) is 0.0653. The molecule has 17 heteroatoms.